The first-order chi connectivity index (χ1) is 7.09. The van der Waals surface area contributed by atoms with Crippen LogP contribution < -0.4 is 16.0 Å². The summed E-state index contributed by atoms with van der Waals surface area (Å²) < 4.78 is 0. The number of carboxylic acid groups (broad SMARTS) is 1. The Morgan fingerprint density at radius 3 is 2.53 bits per heavy atom. The average Bonchev–Trinajstić information content (AvgIpc) is 2.18. The number of amides is 2. The van der Waals surface area contributed by atoms with Crippen LogP contribution in [0.3, 0.4) is 0 Å². The van der Waals surface area contributed by atoms with E-state index in [0.717, 1.165) is 25.9 Å². The van der Waals surface area contributed by atoms with Gasteiger partial charge >= 0.3 is 12.0 Å². The van der Waals surface area contributed by atoms with Crippen molar-refractivity contribution in [2.75, 3.05) is 13.1 Å². The average molecular weight is 215 g/mol. The SMILES string of the molecule is C[C@@H](NC(=O)NC1CCNCC1)C(=O)O. The maximum Gasteiger partial charge on any atom is 0.325 e. The second kappa shape index (κ2) is 5.55. The summed E-state index contributed by atoms with van der Waals surface area (Å²) in [6.07, 6.45) is 1.77. The second-order valence-electron chi connectivity index (χ2n) is 3.70. The van der Waals surface area contributed by atoms with Crippen molar-refractivity contribution in [3.05, 3.63) is 0 Å². The first-order valence-corrected chi connectivity index (χ1v) is 5.10. The predicted octanol–water partition coefficient (Wildman–Crippen LogP) is -0.489. The minimum Gasteiger partial charge on any atom is -0.480 e. The van der Waals surface area contributed by atoms with Gasteiger partial charge < -0.3 is 21.1 Å². The molecule has 4 N–H and O–H groups in total. The number of piperidine rings is 1. The lowest BCUT2D eigenvalue weighted by atomic mass is 10.1. The van der Waals surface area contributed by atoms with Crippen LogP contribution in [-0.2, 0) is 4.79 Å². The molecule has 1 fully saturated rings. The van der Waals surface area contributed by atoms with Gasteiger partial charge in [0.25, 0.3) is 0 Å². The highest BCUT2D eigenvalue weighted by molar-refractivity contribution is 5.82. The molecule has 15 heavy (non-hydrogen) atoms. The minimum absolute atomic E-state index is 0.146. The quantitative estimate of drug-likeness (QED) is 0.511. The molecule has 1 aliphatic heterocycles. The van der Waals surface area contributed by atoms with E-state index < -0.39 is 18.0 Å². The van der Waals surface area contributed by atoms with Crippen molar-refractivity contribution in [3.63, 3.8) is 0 Å². The van der Waals surface area contributed by atoms with Gasteiger partial charge in [-0.2, -0.15) is 0 Å². The molecule has 0 aromatic heterocycles. The highest BCUT2D eigenvalue weighted by atomic mass is 16.4. The topological polar surface area (TPSA) is 90.5 Å². The molecule has 0 saturated carbocycles. The first kappa shape index (κ1) is 11.8. The molecule has 86 valence electrons. The summed E-state index contributed by atoms with van der Waals surface area (Å²) in [4.78, 5) is 21.8. The molecule has 0 aromatic carbocycles. The third-order valence-electron chi connectivity index (χ3n) is 2.39. The van der Waals surface area contributed by atoms with Crippen molar-refractivity contribution < 1.29 is 14.7 Å². The molecule has 2 amide bonds. The van der Waals surface area contributed by atoms with Crippen LogP contribution in [0.2, 0.25) is 0 Å². The zero-order valence-corrected chi connectivity index (χ0v) is 8.75. The number of rotatable bonds is 3. The molecule has 0 aromatic rings. The van der Waals surface area contributed by atoms with E-state index in [2.05, 4.69) is 16.0 Å². The van der Waals surface area contributed by atoms with Crippen molar-refractivity contribution in [3.8, 4) is 0 Å². The zero-order valence-electron chi connectivity index (χ0n) is 8.75. The van der Waals surface area contributed by atoms with Gasteiger partial charge in [0.2, 0.25) is 0 Å². The fourth-order valence-corrected chi connectivity index (χ4v) is 1.45. The molecular formula is C9H17N3O3. The van der Waals surface area contributed by atoms with Crippen molar-refractivity contribution in [2.45, 2.75) is 31.8 Å². The smallest absolute Gasteiger partial charge is 0.325 e. The van der Waals surface area contributed by atoms with E-state index in [9.17, 15) is 9.59 Å². The molecule has 1 heterocycles. The van der Waals surface area contributed by atoms with E-state index in [-0.39, 0.29) is 6.04 Å². The molecule has 0 unspecified atom stereocenters. The van der Waals surface area contributed by atoms with Crippen molar-refractivity contribution in [2.24, 2.45) is 0 Å². The summed E-state index contributed by atoms with van der Waals surface area (Å²) in [6.45, 7) is 3.21. The van der Waals surface area contributed by atoms with E-state index in [1.54, 1.807) is 0 Å². The number of aliphatic carboxylic acids is 1. The maximum absolute atomic E-state index is 11.3. The van der Waals surface area contributed by atoms with Crippen LogP contribution in [0.15, 0.2) is 0 Å². The Hall–Kier alpha value is -1.30. The van der Waals surface area contributed by atoms with Gasteiger partial charge in [-0.15, -0.1) is 0 Å². The molecule has 0 aliphatic carbocycles. The normalized spacial score (nSPS) is 19.3. The number of urea groups is 1. The Morgan fingerprint density at radius 2 is 2.00 bits per heavy atom. The largest absolute Gasteiger partial charge is 0.480 e. The fraction of sp³-hybridized carbons (Fsp3) is 0.778. The van der Waals surface area contributed by atoms with Gasteiger partial charge in [-0.25, -0.2) is 4.79 Å². The van der Waals surface area contributed by atoms with Crippen molar-refractivity contribution in [1.29, 1.82) is 0 Å². The van der Waals surface area contributed by atoms with Gasteiger partial charge in [0, 0.05) is 6.04 Å². The predicted molar refractivity (Wildman–Crippen MR) is 54.7 cm³/mol. The highest BCUT2D eigenvalue weighted by Crippen LogP contribution is 2.01. The number of hydrogen-bond acceptors (Lipinski definition) is 3. The molecule has 0 spiro atoms. The minimum atomic E-state index is -1.03. The van der Waals surface area contributed by atoms with Crippen LogP contribution in [0.5, 0.6) is 0 Å². The van der Waals surface area contributed by atoms with Crippen molar-refractivity contribution >= 4 is 12.0 Å². The van der Waals surface area contributed by atoms with Crippen molar-refractivity contribution in [1.82, 2.24) is 16.0 Å². The Morgan fingerprint density at radius 1 is 1.40 bits per heavy atom. The van der Waals surface area contributed by atoms with Gasteiger partial charge in [-0.05, 0) is 32.9 Å². The lowest BCUT2D eigenvalue weighted by Crippen LogP contribution is -2.50. The van der Waals surface area contributed by atoms with Crippen LogP contribution in [-0.4, -0.2) is 42.3 Å². The molecular weight excluding hydrogens is 198 g/mol. The van der Waals surface area contributed by atoms with Gasteiger partial charge in [0.15, 0.2) is 0 Å². The lowest BCUT2D eigenvalue weighted by Gasteiger charge is -2.24. The second-order valence-corrected chi connectivity index (χ2v) is 3.70. The monoisotopic (exact) mass is 215 g/mol. The molecule has 1 atom stereocenters. The number of nitrogens with one attached hydrogen (secondary N) is 3. The summed E-state index contributed by atoms with van der Waals surface area (Å²) in [5.74, 6) is -1.03. The molecule has 1 rings (SSSR count). The Kier molecular flexibility index (Phi) is 4.36. The Labute approximate surface area is 88.4 Å². The van der Waals surface area contributed by atoms with Gasteiger partial charge in [-0.3, -0.25) is 4.79 Å². The third kappa shape index (κ3) is 4.16. The number of carbonyl (C=O) groups excluding carboxylic acids is 1. The van der Waals surface area contributed by atoms with Crippen LogP contribution in [0.25, 0.3) is 0 Å². The van der Waals surface area contributed by atoms with Crippen LogP contribution in [0.1, 0.15) is 19.8 Å². The van der Waals surface area contributed by atoms with E-state index in [1.807, 2.05) is 0 Å². The van der Waals surface area contributed by atoms with Crippen LogP contribution in [0, 0.1) is 0 Å². The van der Waals surface area contributed by atoms with E-state index in [0.29, 0.717) is 0 Å². The van der Waals surface area contributed by atoms with Gasteiger partial charge in [0.1, 0.15) is 6.04 Å². The third-order valence-corrected chi connectivity index (χ3v) is 2.39. The van der Waals surface area contributed by atoms with E-state index in [1.165, 1.54) is 6.92 Å². The summed E-state index contributed by atoms with van der Waals surface area (Å²) in [6, 6.07) is -1.12. The standard InChI is InChI=1S/C9H17N3O3/c1-6(8(13)14)11-9(15)12-7-2-4-10-5-3-7/h6-7,10H,2-5H2,1H3,(H,13,14)(H2,11,12,15)/t6-/m1/s1. The maximum atomic E-state index is 11.3. The van der Waals surface area contributed by atoms with Crippen LogP contribution >= 0.6 is 0 Å². The fourth-order valence-electron chi connectivity index (χ4n) is 1.45. The lowest BCUT2D eigenvalue weighted by molar-refractivity contribution is -0.138. The van der Waals surface area contributed by atoms with Gasteiger partial charge in [0.05, 0.1) is 0 Å². The summed E-state index contributed by atoms with van der Waals surface area (Å²) in [5.41, 5.74) is 0. The molecule has 6 heteroatoms. The highest BCUT2D eigenvalue weighted by Gasteiger charge is 2.18. The van der Waals surface area contributed by atoms with Crippen LogP contribution in [0.4, 0.5) is 4.79 Å². The Bertz CT molecular complexity index is 239. The molecule has 0 radical (unpaired) electrons. The molecule has 1 aliphatic rings. The summed E-state index contributed by atoms with van der Waals surface area (Å²) in [5, 5.41) is 16.9. The number of hydrogen-bond donors (Lipinski definition) is 4. The molecule has 1 saturated heterocycles. The molecule has 0 bridgehead atoms. The molecule has 6 nitrogen and oxygen atoms in total. The Balaban J connectivity index is 2.25. The van der Waals surface area contributed by atoms with E-state index >= 15 is 0 Å². The van der Waals surface area contributed by atoms with E-state index in [4.69, 9.17) is 5.11 Å². The summed E-state index contributed by atoms with van der Waals surface area (Å²) >= 11 is 0. The number of carboxylic acids is 1. The number of carbonyl (C=O) groups is 2. The van der Waals surface area contributed by atoms with Gasteiger partial charge in [-0.1, -0.05) is 0 Å². The summed E-state index contributed by atoms with van der Waals surface area (Å²) in [7, 11) is 0. The zero-order chi connectivity index (χ0) is 11.3. The first-order valence-electron chi connectivity index (χ1n) is 5.10.